The molecule has 0 saturated heterocycles. The minimum absolute atomic E-state index is 0.0368. The molecule has 1 aliphatic carbocycles. The molecule has 1 aliphatic rings. The van der Waals surface area contributed by atoms with Crippen LogP contribution in [0.15, 0.2) is 48.8 Å². The summed E-state index contributed by atoms with van der Waals surface area (Å²) < 4.78 is 4.75. The van der Waals surface area contributed by atoms with Gasteiger partial charge in [-0.2, -0.15) is 0 Å². The lowest BCUT2D eigenvalue weighted by Crippen LogP contribution is -2.22. The van der Waals surface area contributed by atoms with E-state index in [4.69, 9.17) is 4.74 Å². The number of aromatic nitrogens is 1. The number of carbonyl (C=O) groups is 2. The first kappa shape index (κ1) is 15.2. The van der Waals surface area contributed by atoms with Crippen molar-refractivity contribution >= 4 is 11.9 Å². The number of methoxy groups -OCH3 is 1. The molecule has 0 bridgehead atoms. The highest BCUT2D eigenvalue weighted by atomic mass is 16.5. The summed E-state index contributed by atoms with van der Waals surface area (Å²) in [5.41, 5.74) is 2.63. The Hall–Kier alpha value is -2.69. The normalized spacial score (nSPS) is 19.0. The van der Waals surface area contributed by atoms with Crippen molar-refractivity contribution in [3.05, 3.63) is 65.5 Å². The van der Waals surface area contributed by atoms with Gasteiger partial charge < -0.3 is 10.1 Å². The van der Waals surface area contributed by atoms with E-state index < -0.39 is 0 Å². The summed E-state index contributed by atoms with van der Waals surface area (Å²) in [5.74, 6) is -0.103. The van der Waals surface area contributed by atoms with E-state index in [9.17, 15) is 9.59 Å². The van der Waals surface area contributed by atoms with Gasteiger partial charge in [0.05, 0.1) is 13.0 Å². The number of carbonyl (C=O) groups excluding carboxylic acids is 2. The first-order valence-corrected chi connectivity index (χ1v) is 7.54. The van der Waals surface area contributed by atoms with Gasteiger partial charge in [0, 0.05) is 24.5 Å². The Kier molecular flexibility index (Phi) is 4.37. The maximum atomic E-state index is 12.1. The van der Waals surface area contributed by atoms with E-state index in [1.54, 1.807) is 24.5 Å². The van der Waals surface area contributed by atoms with Crippen LogP contribution in [0, 0.1) is 5.92 Å². The van der Waals surface area contributed by atoms with Crippen LogP contribution in [0.3, 0.4) is 0 Å². The van der Waals surface area contributed by atoms with E-state index in [1.165, 1.54) is 7.11 Å². The number of esters is 1. The fourth-order valence-corrected chi connectivity index (χ4v) is 2.64. The predicted molar refractivity (Wildman–Crippen MR) is 84.7 cm³/mol. The molecule has 5 nitrogen and oxygen atoms in total. The average Bonchev–Trinajstić information content (AvgIpc) is 3.41. The first-order valence-electron chi connectivity index (χ1n) is 7.54. The van der Waals surface area contributed by atoms with Crippen LogP contribution in [-0.2, 0) is 16.1 Å². The largest absolute Gasteiger partial charge is 0.469 e. The van der Waals surface area contributed by atoms with Crippen molar-refractivity contribution in [2.75, 3.05) is 7.11 Å². The van der Waals surface area contributed by atoms with Crippen LogP contribution in [0.2, 0.25) is 0 Å². The van der Waals surface area contributed by atoms with Crippen molar-refractivity contribution in [2.24, 2.45) is 5.92 Å². The number of nitrogens with one attached hydrogen (secondary N) is 1. The molecule has 1 amide bonds. The number of pyridine rings is 1. The maximum Gasteiger partial charge on any atom is 0.309 e. The molecule has 2 atom stereocenters. The molecule has 5 heteroatoms. The molecule has 1 N–H and O–H groups in total. The zero-order chi connectivity index (χ0) is 16.2. The van der Waals surface area contributed by atoms with Crippen molar-refractivity contribution in [1.82, 2.24) is 10.3 Å². The fourth-order valence-electron chi connectivity index (χ4n) is 2.64. The van der Waals surface area contributed by atoms with E-state index >= 15 is 0 Å². The molecule has 1 fully saturated rings. The molecule has 1 saturated carbocycles. The Morgan fingerprint density at radius 1 is 1.26 bits per heavy atom. The van der Waals surface area contributed by atoms with Crippen LogP contribution in [-0.4, -0.2) is 24.0 Å². The zero-order valence-electron chi connectivity index (χ0n) is 12.9. The smallest absolute Gasteiger partial charge is 0.309 e. The number of nitrogens with zero attached hydrogens (tertiary/aromatic N) is 1. The fraction of sp³-hybridized carbons (Fsp3) is 0.278. The highest BCUT2D eigenvalue weighted by Crippen LogP contribution is 2.48. The third kappa shape index (κ3) is 3.56. The molecular formula is C18H18N2O3. The Balaban J connectivity index is 1.57. The van der Waals surface area contributed by atoms with Crippen LogP contribution in [0.25, 0.3) is 0 Å². The topological polar surface area (TPSA) is 68.3 Å². The molecule has 118 valence electrons. The molecule has 1 heterocycles. The second-order valence-corrected chi connectivity index (χ2v) is 5.64. The second kappa shape index (κ2) is 6.60. The predicted octanol–water partition coefficient (Wildman–Crippen LogP) is 2.29. The van der Waals surface area contributed by atoms with Gasteiger partial charge in [-0.25, -0.2) is 0 Å². The van der Waals surface area contributed by atoms with E-state index in [0.717, 1.165) is 17.5 Å². The quantitative estimate of drug-likeness (QED) is 0.860. The molecule has 0 unspecified atom stereocenters. The highest BCUT2D eigenvalue weighted by Gasteiger charge is 2.44. The van der Waals surface area contributed by atoms with E-state index in [0.29, 0.717) is 12.1 Å². The summed E-state index contributed by atoms with van der Waals surface area (Å²) >= 11 is 0. The number of hydrogen-bond acceptors (Lipinski definition) is 4. The molecule has 1 aromatic heterocycles. The summed E-state index contributed by atoms with van der Waals surface area (Å²) in [7, 11) is 1.41. The standard InChI is InChI=1S/C18H18N2O3/c1-23-18(22)16-9-15(16)13-4-6-14(7-5-13)17(21)20-11-12-3-2-8-19-10-12/h2-8,10,15-16H,9,11H2,1H3,(H,20,21)/t15-,16+/m0/s1. The van der Waals surface area contributed by atoms with Gasteiger partial charge in [0.15, 0.2) is 0 Å². The zero-order valence-corrected chi connectivity index (χ0v) is 12.9. The van der Waals surface area contributed by atoms with Crippen molar-refractivity contribution in [3.8, 4) is 0 Å². The lowest BCUT2D eigenvalue weighted by atomic mass is 10.1. The Bertz CT molecular complexity index is 698. The lowest BCUT2D eigenvalue weighted by molar-refractivity contribution is -0.142. The van der Waals surface area contributed by atoms with Crippen molar-refractivity contribution < 1.29 is 14.3 Å². The number of amides is 1. The van der Waals surface area contributed by atoms with E-state index in [-0.39, 0.29) is 23.7 Å². The minimum atomic E-state index is -0.159. The van der Waals surface area contributed by atoms with Gasteiger partial charge >= 0.3 is 5.97 Å². The molecule has 0 aliphatic heterocycles. The van der Waals surface area contributed by atoms with Crippen LogP contribution in [0.1, 0.15) is 33.8 Å². The number of ether oxygens (including phenoxy) is 1. The molecule has 23 heavy (non-hydrogen) atoms. The van der Waals surface area contributed by atoms with Gasteiger partial charge in [0.25, 0.3) is 5.91 Å². The van der Waals surface area contributed by atoms with Gasteiger partial charge in [0.1, 0.15) is 0 Å². The first-order chi connectivity index (χ1) is 11.2. The Labute approximate surface area is 134 Å². The third-order valence-corrected chi connectivity index (χ3v) is 4.07. The number of rotatable bonds is 5. The summed E-state index contributed by atoms with van der Waals surface area (Å²) in [6.45, 7) is 0.446. The average molecular weight is 310 g/mol. The molecule has 3 rings (SSSR count). The Morgan fingerprint density at radius 3 is 2.70 bits per heavy atom. The number of benzene rings is 1. The van der Waals surface area contributed by atoms with Crippen LogP contribution in [0.5, 0.6) is 0 Å². The van der Waals surface area contributed by atoms with Crippen LogP contribution in [0.4, 0.5) is 0 Å². The van der Waals surface area contributed by atoms with Gasteiger partial charge in [-0.3, -0.25) is 14.6 Å². The Morgan fingerprint density at radius 2 is 2.04 bits per heavy atom. The highest BCUT2D eigenvalue weighted by molar-refractivity contribution is 5.94. The molecule has 0 radical (unpaired) electrons. The minimum Gasteiger partial charge on any atom is -0.469 e. The lowest BCUT2D eigenvalue weighted by Gasteiger charge is -2.06. The summed E-state index contributed by atoms with van der Waals surface area (Å²) in [6, 6.07) is 11.2. The summed E-state index contributed by atoms with van der Waals surface area (Å²) in [5, 5.41) is 2.86. The van der Waals surface area contributed by atoms with Crippen LogP contribution >= 0.6 is 0 Å². The van der Waals surface area contributed by atoms with E-state index in [2.05, 4.69) is 10.3 Å². The van der Waals surface area contributed by atoms with E-state index in [1.807, 2.05) is 24.3 Å². The third-order valence-electron chi connectivity index (χ3n) is 4.07. The summed E-state index contributed by atoms with van der Waals surface area (Å²) in [4.78, 5) is 27.6. The molecular weight excluding hydrogens is 292 g/mol. The number of hydrogen-bond donors (Lipinski definition) is 1. The van der Waals surface area contributed by atoms with Crippen molar-refractivity contribution in [2.45, 2.75) is 18.9 Å². The maximum absolute atomic E-state index is 12.1. The van der Waals surface area contributed by atoms with Gasteiger partial charge in [-0.1, -0.05) is 18.2 Å². The monoisotopic (exact) mass is 310 g/mol. The van der Waals surface area contributed by atoms with Gasteiger partial charge in [0.2, 0.25) is 0 Å². The molecule has 1 aromatic carbocycles. The second-order valence-electron chi connectivity index (χ2n) is 5.64. The van der Waals surface area contributed by atoms with Crippen molar-refractivity contribution in [1.29, 1.82) is 0 Å². The SMILES string of the molecule is COC(=O)[C@@H]1C[C@H]1c1ccc(C(=O)NCc2cccnc2)cc1. The molecule has 2 aromatic rings. The summed E-state index contributed by atoms with van der Waals surface area (Å²) in [6.07, 6.45) is 4.24. The van der Waals surface area contributed by atoms with Gasteiger partial charge in [-0.15, -0.1) is 0 Å². The van der Waals surface area contributed by atoms with Gasteiger partial charge in [-0.05, 0) is 41.7 Å². The van der Waals surface area contributed by atoms with Crippen molar-refractivity contribution in [3.63, 3.8) is 0 Å². The van der Waals surface area contributed by atoms with Crippen LogP contribution < -0.4 is 5.32 Å². The molecule has 0 spiro atoms.